The van der Waals surface area contributed by atoms with Gasteiger partial charge in [0.25, 0.3) is 0 Å². The Bertz CT molecular complexity index is 1850. The Balaban J connectivity index is 1.55. The molecule has 0 spiro atoms. The molecule has 0 aliphatic carbocycles. The SMILES string of the molecule is COc1cc(OC)cc(-c2cc(-c3ccc(C)cc3)nc3c(N4c5ccccc5Oc5ccccc54)cccc23)c1. The highest BCUT2D eigenvalue weighted by atomic mass is 16.5. The van der Waals surface area contributed by atoms with Gasteiger partial charge in [-0.05, 0) is 66.6 Å². The minimum atomic E-state index is 0.730. The molecule has 200 valence electrons. The van der Waals surface area contributed by atoms with Gasteiger partial charge in [0.2, 0.25) is 0 Å². The Morgan fingerprint density at radius 3 is 1.85 bits per heavy atom. The fraction of sp³-hybridized carbons (Fsp3) is 0.0833. The minimum Gasteiger partial charge on any atom is -0.497 e. The number of nitrogens with zero attached hydrogens (tertiary/aromatic N) is 2. The van der Waals surface area contributed by atoms with E-state index in [0.717, 1.165) is 73.3 Å². The molecule has 5 nitrogen and oxygen atoms in total. The third kappa shape index (κ3) is 4.32. The summed E-state index contributed by atoms with van der Waals surface area (Å²) < 4.78 is 17.6. The molecule has 1 aromatic heterocycles. The van der Waals surface area contributed by atoms with Gasteiger partial charge in [-0.15, -0.1) is 0 Å². The minimum absolute atomic E-state index is 0.730. The molecule has 0 radical (unpaired) electrons. The molecule has 5 aromatic carbocycles. The van der Waals surface area contributed by atoms with E-state index in [0.29, 0.717) is 0 Å². The molecule has 5 heteroatoms. The van der Waals surface area contributed by atoms with E-state index in [1.165, 1.54) is 5.56 Å². The smallest absolute Gasteiger partial charge is 0.151 e. The van der Waals surface area contributed by atoms with Crippen LogP contribution in [-0.2, 0) is 0 Å². The molecule has 0 unspecified atom stereocenters. The van der Waals surface area contributed by atoms with Crippen molar-refractivity contribution in [3.05, 3.63) is 121 Å². The molecule has 1 aliphatic rings. The molecule has 7 rings (SSSR count). The number of para-hydroxylation sites is 5. The highest BCUT2D eigenvalue weighted by Crippen LogP contribution is 2.52. The lowest BCUT2D eigenvalue weighted by Crippen LogP contribution is -2.16. The average Bonchev–Trinajstić information content (AvgIpc) is 3.03. The second kappa shape index (κ2) is 10.0. The van der Waals surface area contributed by atoms with Gasteiger partial charge in [0.15, 0.2) is 11.5 Å². The van der Waals surface area contributed by atoms with Crippen molar-refractivity contribution in [3.63, 3.8) is 0 Å². The topological polar surface area (TPSA) is 43.8 Å². The van der Waals surface area contributed by atoms with Crippen LogP contribution < -0.4 is 19.1 Å². The molecular weight excluding hydrogens is 508 g/mol. The van der Waals surface area contributed by atoms with Crippen LogP contribution in [0.1, 0.15) is 5.56 Å². The molecular formula is C36H28N2O3. The van der Waals surface area contributed by atoms with E-state index < -0.39 is 0 Å². The third-order valence-electron chi connectivity index (χ3n) is 7.50. The van der Waals surface area contributed by atoms with Gasteiger partial charge in [0, 0.05) is 17.0 Å². The Hall–Kier alpha value is -5.29. The number of rotatable bonds is 5. The van der Waals surface area contributed by atoms with E-state index >= 15 is 0 Å². The van der Waals surface area contributed by atoms with Crippen LogP contribution in [-0.4, -0.2) is 19.2 Å². The van der Waals surface area contributed by atoms with Crippen molar-refractivity contribution in [2.45, 2.75) is 6.92 Å². The number of methoxy groups -OCH3 is 2. The fourth-order valence-corrected chi connectivity index (χ4v) is 5.45. The molecule has 0 bridgehead atoms. The van der Waals surface area contributed by atoms with Crippen LogP contribution in [0.5, 0.6) is 23.0 Å². The van der Waals surface area contributed by atoms with Gasteiger partial charge in [-0.3, -0.25) is 0 Å². The Morgan fingerprint density at radius 1 is 0.610 bits per heavy atom. The van der Waals surface area contributed by atoms with Crippen LogP contribution in [0.3, 0.4) is 0 Å². The standard InChI is InChI=1S/C36H28N2O3/c1-23-15-17-24(18-16-23)30-22-29(25-19-26(39-2)21-27(20-25)40-3)28-9-8-12-33(36(28)37-30)38-31-10-4-6-13-34(31)41-35-14-7-5-11-32(35)38/h4-22H,1-3H3. The van der Waals surface area contributed by atoms with Crippen LogP contribution in [0.25, 0.3) is 33.3 Å². The van der Waals surface area contributed by atoms with Gasteiger partial charge in [0.05, 0.1) is 42.5 Å². The number of benzene rings is 5. The lowest BCUT2D eigenvalue weighted by molar-refractivity contribution is 0.394. The molecule has 41 heavy (non-hydrogen) atoms. The molecule has 0 saturated heterocycles. The molecule has 0 amide bonds. The fourth-order valence-electron chi connectivity index (χ4n) is 5.45. The second-order valence-corrected chi connectivity index (χ2v) is 10.1. The molecule has 6 aromatic rings. The van der Waals surface area contributed by atoms with Crippen molar-refractivity contribution >= 4 is 28.0 Å². The van der Waals surface area contributed by atoms with E-state index in [1.807, 2.05) is 54.6 Å². The summed E-state index contributed by atoms with van der Waals surface area (Å²) in [6.07, 6.45) is 0. The Labute approximate surface area is 239 Å². The lowest BCUT2D eigenvalue weighted by atomic mass is 9.96. The number of hydrogen-bond donors (Lipinski definition) is 0. The number of hydrogen-bond acceptors (Lipinski definition) is 5. The maximum absolute atomic E-state index is 6.30. The number of aryl methyl sites for hydroxylation is 1. The van der Waals surface area contributed by atoms with Crippen LogP contribution in [0.15, 0.2) is 115 Å². The zero-order chi connectivity index (χ0) is 27.9. The normalized spacial score (nSPS) is 11.9. The first-order valence-electron chi connectivity index (χ1n) is 13.5. The van der Waals surface area contributed by atoms with Crippen molar-refractivity contribution in [3.8, 4) is 45.4 Å². The molecule has 2 heterocycles. The van der Waals surface area contributed by atoms with E-state index in [2.05, 4.69) is 72.5 Å². The molecule has 0 fully saturated rings. The van der Waals surface area contributed by atoms with E-state index in [4.69, 9.17) is 19.2 Å². The summed E-state index contributed by atoms with van der Waals surface area (Å²) in [5.41, 5.74) is 8.94. The summed E-state index contributed by atoms with van der Waals surface area (Å²) in [6, 6.07) is 39.2. The highest BCUT2D eigenvalue weighted by Gasteiger charge is 2.27. The van der Waals surface area contributed by atoms with Crippen LogP contribution >= 0.6 is 0 Å². The Kier molecular flexibility index (Phi) is 6.05. The molecule has 0 saturated carbocycles. The first kappa shape index (κ1) is 24.7. The van der Waals surface area contributed by atoms with Crippen molar-refractivity contribution < 1.29 is 14.2 Å². The third-order valence-corrected chi connectivity index (χ3v) is 7.50. The molecule has 1 aliphatic heterocycles. The van der Waals surface area contributed by atoms with Gasteiger partial charge in [-0.1, -0.05) is 66.2 Å². The summed E-state index contributed by atoms with van der Waals surface area (Å²) in [7, 11) is 3.35. The highest BCUT2D eigenvalue weighted by molar-refractivity contribution is 6.06. The predicted molar refractivity (Wildman–Crippen MR) is 165 cm³/mol. The van der Waals surface area contributed by atoms with Crippen LogP contribution in [0.2, 0.25) is 0 Å². The zero-order valence-electron chi connectivity index (χ0n) is 23.1. The molecule has 0 atom stereocenters. The van der Waals surface area contributed by atoms with Crippen molar-refractivity contribution in [1.29, 1.82) is 0 Å². The van der Waals surface area contributed by atoms with E-state index in [1.54, 1.807) is 14.2 Å². The van der Waals surface area contributed by atoms with Gasteiger partial charge >= 0.3 is 0 Å². The van der Waals surface area contributed by atoms with E-state index in [9.17, 15) is 0 Å². The largest absolute Gasteiger partial charge is 0.497 e. The maximum Gasteiger partial charge on any atom is 0.151 e. The lowest BCUT2D eigenvalue weighted by Gasteiger charge is -2.33. The summed E-state index contributed by atoms with van der Waals surface area (Å²) in [6.45, 7) is 2.09. The Morgan fingerprint density at radius 2 is 1.22 bits per heavy atom. The van der Waals surface area contributed by atoms with Gasteiger partial charge in [0.1, 0.15) is 11.5 Å². The number of pyridine rings is 1. The predicted octanol–water partition coefficient (Wildman–Crippen LogP) is 9.47. The van der Waals surface area contributed by atoms with Gasteiger partial charge in [-0.2, -0.15) is 0 Å². The van der Waals surface area contributed by atoms with Gasteiger partial charge in [-0.25, -0.2) is 4.98 Å². The average molecular weight is 537 g/mol. The van der Waals surface area contributed by atoms with Gasteiger partial charge < -0.3 is 19.1 Å². The number of fused-ring (bicyclic) bond motifs is 3. The van der Waals surface area contributed by atoms with Crippen LogP contribution in [0.4, 0.5) is 17.1 Å². The van der Waals surface area contributed by atoms with Crippen LogP contribution in [0, 0.1) is 6.92 Å². The number of ether oxygens (including phenoxy) is 3. The first-order valence-corrected chi connectivity index (χ1v) is 13.5. The summed E-state index contributed by atoms with van der Waals surface area (Å²) >= 11 is 0. The first-order chi connectivity index (χ1) is 20.1. The summed E-state index contributed by atoms with van der Waals surface area (Å²) in [5, 5.41) is 1.02. The number of aromatic nitrogens is 1. The summed E-state index contributed by atoms with van der Waals surface area (Å²) in [5.74, 6) is 3.06. The van der Waals surface area contributed by atoms with Crippen molar-refractivity contribution in [2.24, 2.45) is 0 Å². The molecule has 0 N–H and O–H groups in total. The monoisotopic (exact) mass is 536 g/mol. The van der Waals surface area contributed by atoms with E-state index in [-0.39, 0.29) is 0 Å². The zero-order valence-corrected chi connectivity index (χ0v) is 23.1. The second-order valence-electron chi connectivity index (χ2n) is 10.1. The maximum atomic E-state index is 6.30. The van der Waals surface area contributed by atoms with Crippen molar-refractivity contribution in [1.82, 2.24) is 4.98 Å². The number of anilines is 3. The quantitative estimate of drug-likeness (QED) is 0.219. The van der Waals surface area contributed by atoms with Crippen molar-refractivity contribution in [2.75, 3.05) is 19.1 Å². The summed E-state index contributed by atoms with van der Waals surface area (Å²) in [4.78, 5) is 7.57.